The number of aliphatic imine (C=N–C) groups is 1. The fourth-order valence-electron chi connectivity index (χ4n) is 10.1. The Bertz CT molecular complexity index is 3790. The number of hydrogen-bond acceptors (Lipinski definition) is 2. The molecule has 64 heavy (non-hydrogen) atoms. The quantitative estimate of drug-likeness (QED) is 0.178. The molecule has 300 valence electrons. The van der Waals surface area contributed by atoms with E-state index in [1.54, 1.807) is 0 Å². The van der Waals surface area contributed by atoms with Gasteiger partial charge in [0.15, 0.2) is 0 Å². The number of para-hydroxylation sites is 4. The van der Waals surface area contributed by atoms with E-state index < -0.39 is 0 Å². The normalized spacial score (nSPS) is 13.7. The number of fused-ring (bicyclic) bond motifs is 8. The summed E-state index contributed by atoms with van der Waals surface area (Å²) >= 11 is 0. The number of aromatic nitrogens is 2. The Morgan fingerprint density at radius 1 is 0.359 bits per heavy atom. The second kappa shape index (κ2) is 14.6. The molecule has 1 atom stereocenters. The number of nitrogens with zero attached hydrogens (tertiary/aromatic N) is 3. The molecule has 2 aromatic heterocycles. The van der Waals surface area contributed by atoms with Crippen molar-refractivity contribution in [1.29, 1.82) is 0 Å². The summed E-state index contributed by atoms with van der Waals surface area (Å²) in [7, 11) is 0. The first kappa shape index (κ1) is 36.2. The predicted molar refractivity (Wildman–Crippen MR) is 269 cm³/mol. The van der Waals surface area contributed by atoms with E-state index in [1.807, 2.05) is 6.07 Å². The molecule has 0 aliphatic carbocycles. The van der Waals surface area contributed by atoms with Gasteiger partial charge in [-0.15, -0.1) is 0 Å². The van der Waals surface area contributed by atoms with Crippen molar-refractivity contribution in [3.05, 3.63) is 242 Å². The molecule has 1 aliphatic heterocycles. The zero-order valence-corrected chi connectivity index (χ0v) is 34.9. The van der Waals surface area contributed by atoms with Gasteiger partial charge < -0.3 is 14.5 Å². The Morgan fingerprint density at radius 2 is 0.859 bits per heavy atom. The Labute approximate surface area is 370 Å². The zero-order chi connectivity index (χ0) is 42.1. The third kappa shape index (κ3) is 5.80. The van der Waals surface area contributed by atoms with Crippen molar-refractivity contribution in [2.75, 3.05) is 5.32 Å². The van der Waals surface area contributed by atoms with Crippen LogP contribution >= 0.6 is 0 Å². The highest BCUT2D eigenvalue weighted by Crippen LogP contribution is 2.40. The summed E-state index contributed by atoms with van der Waals surface area (Å²) in [4.78, 5) is 5.22. The lowest BCUT2D eigenvalue weighted by atomic mass is 9.94. The molecular formula is C60H40N4. The fraction of sp³-hybridized carbons (Fsp3) is 0.0167. The Kier molecular flexibility index (Phi) is 8.25. The van der Waals surface area contributed by atoms with Crippen LogP contribution in [0.4, 0.5) is 11.4 Å². The highest BCUT2D eigenvalue weighted by Gasteiger charge is 2.25. The van der Waals surface area contributed by atoms with Crippen LogP contribution in [-0.4, -0.2) is 14.8 Å². The molecule has 0 saturated heterocycles. The second-order valence-corrected chi connectivity index (χ2v) is 16.8. The third-order valence-corrected chi connectivity index (χ3v) is 13.2. The molecule has 12 aromatic rings. The summed E-state index contributed by atoms with van der Waals surface area (Å²) in [5.74, 6) is 0. The van der Waals surface area contributed by atoms with Crippen LogP contribution in [0.1, 0.15) is 17.2 Å². The van der Waals surface area contributed by atoms with Crippen molar-refractivity contribution in [1.82, 2.24) is 9.13 Å². The maximum absolute atomic E-state index is 5.22. The molecule has 1 unspecified atom stereocenters. The monoisotopic (exact) mass is 816 g/mol. The summed E-state index contributed by atoms with van der Waals surface area (Å²) in [5, 5.41) is 11.2. The minimum Gasteiger partial charge on any atom is -0.371 e. The van der Waals surface area contributed by atoms with E-state index in [9.17, 15) is 0 Å². The van der Waals surface area contributed by atoms with Gasteiger partial charge in [-0.3, -0.25) is 0 Å². The second-order valence-electron chi connectivity index (χ2n) is 16.8. The van der Waals surface area contributed by atoms with Gasteiger partial charge in [0, 0.05) is 32.9 Å². The Morgan fingerprint density at radius 3 is 1.52 bits per heavy atom. The average Bonchev–Trinajstić information content (AvgIpc) is 3.88. The molecule has 0 spiro atoms. The SMILES string of the molecule is c1ccc(C2Nc3ccccc3N=C2c2ccc(-n3c4ccccc4c4cc(-c5ccc6c(c5)c5ccccc5n6-c5ccc(-c6cccc7ccccc67)cc5)ccc43)cc2)cc1. The lowest BCUT2D eigenvalue weighted by Gasteiger charge is -2.28. The topological polar surface area (TPSA) is 34.2 Å². The Balaban J connectivity index is 0.877. The zero-order valence-electron chi connectivity index (χ0n) is 34.9. The molecule has 4 nitrogen and oxygen atoms in total. The van der Waals surface area contributed by atoms with Gasteiger partial charge in [-0.25, -0.2) is 4.99 Å². The summed E-state index contributed by atoms with van der Waals surface area (Å²) in [6.07, 6.45) is 0. The van der Waals surface area contributed by atoms with Gasteiger partial charge >= 0.3 is 0 Å². The van der Waals surface area contributed by atoms with Gasteiger partial charge in [-0.1, -0.05) is 158 Å². The van der Waals surface area contributed by atoms with Crippen molar-refractivity contribution < 1.29 is 0 Å². The molecule has 0 radical (unpaired) electrons. The smallest absolute Gasteiger partial charge is 0.0947 e. The molecule has 13 rings (SSSR count). The third-order valence-electron chi connectivity index (χ3n) is 13.2. The summed E-state index contributed by atoms with van der Waals surface area (Å²) in [6.45, 7) is 0. The number of nitrogens with one attached hydrogen (secondary N) is 1. The van der Waals surface area contributed by atoms with Gasteiger partial charge in [0.05, 0.1) is 45.2 Å². The van der Waals surface area contributed by atoms with Crippen LogP contribution in [0.3, 0.4) is 0 Å². The molecule has 3 heterocycles. The maximum atomic E-state index is 5.22. The lowest BCUT2D eigenvalue weighted by molar-refractivity contribution is 1.01. The first-order valence-electron chi connectivity index (χ1n) is 22.0. The number of hydrogen-bond donors (Lipinski definition) is 1. The van der Waals surface area contributed by atoms with E-state index in [0.717, 1.165) is 34.0 Å². The van der Waals surface area contributed by atoms with Crippen molar-refractivity contribution >= 4 is 71.5 Å². The molecule has 10 aromatic carbocycles. The highest BCUT2D eigenvalue weighted by atomic mass is 15.0. The van der Waals surface area contributed by atoms with Crippen LogP contribution < -0.4 is 5.32 Å². The minimum absolute atomic E-state index is 0.0581. The van der Waals surface area contributed by atoms with E-state index in [-0.39, 0.29) is 6.04 Å². The molecule has 0 fully saturated rings. The minimum atomic E-state index is -0.0581. The summed E-state index contributed by atoms with van der Waals surface area (Å²) < 4.78 is 4.80. The van der Waals surface area contributed by atoms with Crippen molar-refractivity contribution in [3.8, 4) is 33.6 Å². The van der Waals surface area contributed by atoms with E-state index in [4.69, 9.17) is 4.99 Å². The van der Waals surface area contributed by atoms with Crippen LogP contribution in [-0.2, 0) is 0 Å². The van der Waals surface area contributed by atoms with Gasteiger partial charge in [0.1, 0.15) is 0 Å². The standard InChI is InChI=1S/C60H40N4/c1-2-14-41(15-3-1)59-60(62-54-22-9-8-21-53(54)61-59)42-27-33-46(34-28-42)64-56-24-11-7-19-50(56)52-38-44(30-36-58(52)64)43-29-35-57-51(37-43)49-18-6-10-23-55(49)63(57)45-31-25-40(26-32-45)48-20-12-16-39-13-4-5-17-47(39)48/h1-38,59,61H. The number of rotatable bonds is 6. The van der Waals surface area contributed by atoms with Crippen LogP contribution in [0.5, 0.6) is 0 Å². The van der Waals surface area contributed by atoms with Gasteiger partial charge in [-0.05, 0) is 117 Å². The first-order valence-corrected chi connectivity index (χ1v) is 22.0. The lowest BCUT2D eigenvalue weighted by Crippen LogP contribution is -2.24. The first-order chi connectivity index (χ1) is 31.7. The largest absolute Gasteiger partial charge is 0.371 e. The molecule has 0 bridgehead atoms. The van der Waals surface area contributed by atoms with Crippen LogP contribution in [0.2, 0.25) is 0 Å². The van der Waals surface area contributed by atoms with Crippen LogP contribution in [0.25, 0.3) is 88.0 Å². The van der Waals surface area contributed by atoms with E-state index in [2.05, 4.69) is 239 Å². The van der Waals surface area contributed by atoms with Crippen molar-refractivity contribution in [2.24, 2.45) is 4.99 Å². The molecule has 1 N–H and O–H groups in total. The van der Waals surface area contributed by atoms with Crippen LogP contribution in [0, 0.1) is 0 Å². The predicted octanol–water partition coefficient (Wildman–Crippen LogP) is 15.7. The molecule has 1 aliphatic rings. The molecule has 4 heteroatoms. The van der Waals surface area contributed by atoms with E-state index in [0.29, 0.717) is 0 Å². The maximum Gasteiger partial charge on any atom is 0.0947 e. The fourth-order valence-corrected chi connectivity index (χ4v) is 10.1. The van der Waals surface area contributed by atoms with Gasteiger partial charge in [0.2, 0.25) is 0 Å². The Hall–Kier alpha value is -8.47. The average molecular weight is 817 g/mol. The number of anilines is 1. The van der Waals surface area contributed by atoms with Crippen molar-refractivity contribution in [3.63, 3.8) is 0 Å². The summed E-state index contributed by atoms with van der Waals surface area (Å²) in [6, 6.07) is 83.4. The highest BCUT2D eigenvalue weighted by molar-refractivity contribution is 6.13. The molecular weight excluding hydrogens is 777 g/mol. The molecule has 0 saturated carbocycles. The van der Waals surface area contributed by atoms with E-state index in [1.165, 1.54) is 82.2 Å². The number of benzene rings is 10. The van der Waals surface area contributed by atoms with Gasteiger partial charge in [-0.2, -0.15) is 0 Å². The van der Waals surface area contributed by atoms with Gasteiger partial charge in [0.25, 0.3) is 0 Å². The van der Waals surface area contributed by atoms with Crippen LogP contribution in [0.15, 0.2) is 236 Å². The molecule has 0 amide bonds. The van der Waals surface area contributed by atoms with E-state index >= 15 is 0 Å². The van der Waals surface area contributed by atoms with Crippen molar-refractivity contribution in [2.45, 2.75) is 6.04 Å². The summed E-state index contributed by atoms with van der Waals surface area (Å²) in [5.41, 5.74) is 17.2.